The van der Waals surface area contributed by atoms with Crippen molar-refractivity contribution in [1.29, 1.82) is 0 Å². The highest BCUT2D eigenvalue weighted by molar-refractivity contribution is 6.01. The normalized spacial score (nSPS) is 20.8. The third kappa shape index (κ3) is 7.86. The molecule has 4 aromatic rings. The zero-order valence-corrected chi connectivity index (χ0v) is 31.7. The highest BCUT2D eigenvalue weighted by Gasteiger charge is 2.30. The van der Waals surface area contributed by atoms with Crippen LogP contribution in [0.25, 0.3) is 11.0 Å². The van der Waals surface area contributed by atoms with Gasteiger partial charge in [-0.05, 0) is 92.6 Å². The van der Waals surface area contributed by atoms with Gasteiger partial charge in [-0.15, -0.1) is 0 Å². The second kappa shape index (κ2) is 15.9. The van der Waals surface area contributed by atoms with Crippen LogP contribution in [0.4, 0.5) is 17.3 Å². The van der Waals surface area contributed by atoms with Gasteiger partial charge in [-0.1, -0.05) is 37.1 Å². The minimum Gasteiger partial charge on any atom is -0.369 e. The average molecular weight is 732 g/mol. The monoisotopic (exact) mass is 731 g/mol. The Balaban J connectivity index is 0.803. The predicted molar refractivity (Wildman–Crippen MR) is 211 cm³/mol. The molecular weight excluding hydrogens is 679 g/mol. The SMILES string of the molecule is CN(C)C(=O)c1cc2cnc(Nc3ccc(N4CCN(CCN5CCC(c6cccc(C7CCC(=O)NC7=O)c6)CC5)CC4)cc3)nc2n1C1CCCC1. The number of aromatic nitrogens is 3. The van der Waals surface area contributed by atoms with Crippen LogP contribution in [-0.2, 0) is 9.59 Å². The maximum Gasteiger partial charge on any atom is 0.270 e. The minimum atomic E-state index is -0.223. The molecule has 0 spiro atoms. The Bertz CT molecular complexity index is 1970. The molecule has 284 valence electrons. The van der Waals surface area contributed by atoms with Crippen molar-refractivity contribution in [2.45, 2.75) is 69.2 Å². The minimum absolute atomic E-state index is 0.00391. The molecule has 4 fully saturated rings. The number of piperidine rings is 2. The molecule has 3 amide bonds. The third-order valence-corrected chi connectivity index (χ3v) is 12.1. The van der Waals surface area contributed by atoms with Gasteiger partial charge in [-0.25, -0.2) is 4.98 Å². The molecule has 1 unspecified atom stereocenters. The number of hydrogen-bond acceptors (Lipinski definition) is 9. The first-order chi connectivity index (χ1) is 26.3. The van der Waals surface area contributed by atoms with Gasteiger partial charge in [-0.2, -0.15) is 4.98 Å². The standard InChI is InChI=1S/C42H53N9O3/c1-47(2)41(54)37-27-32-28-43-42(46-39(32)51(37)35-8-3-4-9-35)44-33-10-12-34(13-11-33)50-24-22-49(23-25-50)21-20-48-18-16-29(17-19-48)30-6-5-7-31(26-30)36-14-15-38(52)45-40(36)53/h5-7,10-13,26-29,35-36H,3-4,8-9,14-25H2,1-2H3,(H,43,44,46)(H,45,52,53). The van der Waals surface area contributed by atoms with Crippen LogP contribution in [0, 0.1) is 0 Å². The van der Waals surface area contributed by atoms with Gasteiger partial charge in [0.1, 0.15) is 11.3 Å². The fourth-order valence-corrected chi connectivity index (χ4v) is 8.92. The number of hydrogen-bond donors (Lipinski definition) is 2. The molecular formula is C42H53N9O3. The van der Waals surface area contributed by atoms with Gasteiger partial charge in [0.25, 0.3) is 5.91 Å². The first kappa shape index (κ1) is 36.2. The summed E-state index contributed by atoms with van der Waals surface area (Å²) in [5.41, 5.74) is 6.02. The zero-order valence-electron chi connectivity index (χ0n) is 31.7. The highest BCUT2D eigenvalue weighted by Crippen LogP contribution is 2.36. The van der Waals surface area contributed by atoms with E-state index in [9.17, 15) is 14.4 Å². The lowest BCUT2D eigenvalue weighted by molar-refractivity contribution is -0.134. The summed E-state index contributed by atoms with van der Waals surface area (Å²) in [6, 6.07) is 19.3. The number of benzene rings is 2. The molecule has 2 N–H and O–H groups in total. The fraction of sp³-hybridized carbons (Fsp3) is 0.500. The van der Waals surface area contributed by atoms with Gasteiger partial charge in [0.05, 0.1) is 5.92 Å². The quantitative estimate of drug-likeness (QED) is 0.204. The van der Waals surface area contributed by atoms with Crippen molar-refractivity contribution in [3.63, 3.8) is 0 Å². The molecule has 2 aromatic carbocycles. The fourth-order valence-electron chi connectivity index (χ4n) is 8.92. The van der Waals surface area contributed by atoms with Crippen LogP contribution >= 0.6 is 0 Å². The molecule has 5 heterocycles. The molecule has 54 heavy (non-hydrogen) atoms. The lowest BCUT2D eigenvalue weighted by Crippen LogP contribution is -2.49. The summed E-state index contributed by atoms with van der Waals surface area (Å²) in [6.45, 7) is 8.48. The van der Waals surface area contributed by atoms with Crippen molar-refractivity contribution in [2.75, 3.05) is 76.7 Å². The van der Waals surface area contributed by atoms with Gasteiger partial charge in [0, 0.05) is 88.8 Å². The number of fused-ring (bicyclic) bond motifs is 1. The molecule has 2 aromatic heterocycles. The Hall–Kier alpha value is -4.81. The van der Waals surface area contributed by atoms with Crippen LogP contribution in [0.1, 0.15) is 90.9 Å². The van der Waals surface area contributed by atoms with Gasteiger partial charge in [0.2, 0.25) is 17.8 Å². The number of carbonyl (C=O) groups excluding carboxylic acids is 3. The first-order valence-electron chi connectivity index (χ1n) is 19.9. The average Bonchev–Trinajstić information content (AvgIpc) is 3.86. The number of imide groups is 1. The number of likely N-dealkylation sites (tertiary alicyclic amines) is 1. The number of nitrogens with zero attached hydrogens (tertiary/aromatic N) is 7. The Morgan fingerprint density at radius 3 is 2.26 bits per heavy atom. The molecule has 1 atom stereocenters. The van der Waals surface area contributed by atoms with E-state index >= 15 is 0 Å². The Morgan fingerprint density at radius 1 is 0.852 bits per heavy atom. The van der Waals surface area contributed by atoms with E-state index in [1.165, 1.54) is 24.1 Å². The summed E-state index contributed by atoms with van der Waals surface area (Å²) in [4.78, 5) is 55.9. The van der Waals surface area contributed by atoms with Crippen LogP contribution in [0.5, 0.6) is 0 Å². The second-order valence-corrected chi connectivity index (χ2v) is 15.8. The molecule has 4 aliphatic rings. The van der Waals surface area contributed by atoms with E-state index in [0.717, 1.165) is 100 Å². The summed E-state index contributed by atoms with van der Waals surface area (Å²) < 4.78 is 2.15. The highest BCUT2D eigenvalue weighted by atomic mass is 16.2. The Morgan fingerprint density at radius 2 is 1.56 bits per heavy atom. The molecule has 8 rings (SSSR count). The van der Waals surface area contributed by atoms with E-state index in [2.05, 4.69) is 77.3 Å². The summed E-state index contributed by atoms with van der Waals surface area (Å²) in [5.74, 6) is 0.496. The molecule has 3 saturated heterocycles. The Labute approximate surface area is 317 Å². The molecule has 12 nitrogen and oxygen atoms in total. The smallest absolute Gasteiger partial charge is 0.270 e. The largest absolute Gasteiger partial charge is 0.369 e. The lowest BCUT2D eigenvalue weighted by Gasteiger charge is -2.38. The number of piperazine rings is 1. The van der Waals surface area contributed by atoms with E-state index in [1.54, 1.807) is 19.0 Å². The zero-order chi connectivity index (χ0) is 37.2. The molecule has 12 heteroatoms. The van der Waals surface area contributed by atoms with Gasteiger partial charge < -0.3 is 24.6 Å². The summed E-state index contributed by atoms with van der Waals surface area (Å²) in [7, 11) is 3.59. The van der Waals surface area contributed by atoms with E-state index in [1.807, 2.05) is 18.3 Å². The summed E-state index contributed by atoms with van der Waals surface area (Å²) >= 11 is 0. The summed E-state index contributed by atoms with van der Waals surface area (Å²) in [5, 5.41) is 6.80. The van der Waals surface area contributed by atoms with Crippen LogP contribution < -0.4 is 15.5 Å². The van der Waals surface area contributed by atoms with Crippen molar-refractivity contribution in [1.82, 2.24) is 34.6 Å². The predicted octanol–water partition coefficient (Wildman–Crippen LogP) is 5.51. The number of carbonyl (C=O) groups is 3. The van der Waals surface area contributed by atoms with E-state index < -0.39 is 0 Å². The van der Waals surface area contributed by atoms with E-state index in [-0.39, 0.29) is 29.7 Å². The second-order valence-electron chi connectivity index (χ2n) is 15.8. The van der Waals surface area contributed by atoms with Crippen LogP contribution in [0.15, 0.2) is 60.8 Å². The first-order valence-corrected chi connectivity index (χ1v) is 19.9. The van der Waals surface area contributed by atoms with E-state index in [4.69, 9.17) is 4.98 Å². The van der Waals surface area contributed by atoms with Crippen LogP contribution in [-0.4, -0.2) is 113 Å². The molecule has 3 aliphatic heterocycles. The van der Waals surface area contributed by atoms with Crippen molar-refractivity contribution in [3.05, 3.63) is 77.6 Å². The van der Waals surface area contributed by atoms with Crippen LogP contribution in [0.3, 0.4) is 0 Å². The van der Waals surface area contributed by atoms with Crippen molar-refractivity contribution < 1.29 is 14.4 Å². The van der Waals surface area contributed by atoms with Crippen LogP contribution in [0.2, 0.25) is 0 Å². The van der Waals surface area contributed by atoms with Crippen molar-refractivity contribution in [2.24, 2.45) is 0 Å². The molecule has 1 saturated carbocycles. The maximum absolute atomic E-state index is 13.1. The molecule has 0 radical (unpaired) electrons. The van der Waals surface area contributed by atoms with Crippen molar-refractivity contribution in [3.8, 4) is 0 Å². The number of nitrogens with one attached hydrogen (secondary N) is 2. The van der Waals surface area contributed by atoms with Gasteiger partial charge >= 0.3 is 0 Å². The van der Waals surface area contributed by atoms with Gasteiger partial charge in [-0.3, -0.25) is 24.6 Å². The number of anilines is 3. The molecule has 0 bridgehead atoms. The lowest BCUT2D eigenvalue weighted by atomic mass is 9.84. The van der Waals surface area contributed by atoms with Crippen molar-refractivity contribution >= 4 is 46.1 Å². The molecule has 1 aliphatic carbocycles. The van der Waals surface area contributed by atoms with Gasteiger partial charge in [0.15, 0.2) is 0 Å². The number of rotatable bonds is 10. The number of amides is 3. The van der Waals surface area contributed by atoms with E-state index in [0.29, 0.717) is 30.4 Å². The maximum atomic E-state index is 13.1. The Kier molecular flexibility index (Phi) is 10.6. The summed E-state index contributed by atoms with van der Waals surface area (Å²) in [6.07, 6.45) is 9.56. The third-order valence-electron chi connectivity index (χ3n) is 12.1. The topological polar surface area (TPSA) is 119 Å².